The molecule has 11 heteroatoms. The normalized spacial score (nSPS) is 10.5. The second-order valence-electron chi connectivity index (χ2n) is 0.855. The molecule has 0 aliphatic heterocycles. The monoisotopic (exact) mass is 332 g/mol. The van der Waals surface area contributed by atoms with E-state index in [9.17, 15) is 0 Å². The number of rotatable bonds is 0. The van der Waals surface area contributed by atoms with Crippen LogP contribution in [0, 0.1) is 0 Å². The Kier molecular flexibility index (Phi) is 11.2. The fraction of sp³-hybridized carbons (Fsp3) is 0. The minimum Gasteiger partial charge on any atom is -0.726 e. The standard InChI is InChI=1S/Ba.2H2O4S/c;2*1-5(2,3)4/h;2*(H2,1,2,3,4)/q+2;;/p-2. The Balaban J connectivity index is -0.000000107. The summed E-state index contributed by atoms with van der Waals surface area (Å²) in [6.07, 6.45) is 0. The minimum atomic E-state index is -4.92. The molecule has 64 valence electrons. The smallest absolute Gasteiger partial charge is 0.726 e. The molecule has 0 unspecified atom stereocenters. The molecule has 0 heterocycles. The Morgan fingerprint density at radius 2 is 0.818 bits per heavy atom. The first-order chi connectivity index (χ1) is 4.00. The third-order valence-electron chi connectivity index (χ3n) is 0. The summed E-state index contributed by atoms with van der Waals surface area (Å²) >= 11 is 0. The number of hydrogen-bond acceptors (Lipinski definition) is 6. The summed E-state index contributed by atoms with van der Waals surface area (Å²) in [5.74, 6) is 0. The Labute approximate surface area is 103 Å². The Morgan fingerprint density at radius 1 is 0.818 bits per heavy atom. The molecule has 0 aromatic carbocycles. The molecule has 8 nitrogen and oxygen atoms in total. The first-order valence-corrected chi connectivity index (χ1v) is 4.10. The summed E-state index contributed by atoms with van der Waals surface area (Å²) in [7, 11) is -9.83. The third kappa shape index (κ3) is 570. The van der Waals surface area contributed by atoms with Gasteiger partial charge in [0.15, 0.2) is 0 Å². The molecule has 11 heavy (non-hydrogen) atoms. The van der Waals surface area contributed by atoms with Gasteiger partial charge in [0.2, 0.25) is 20.8 Å². The molecule has 0 spiro atoms. The van der Waals surface area contributed by atoms with Crippen molar-refractivity contribution in [3.05, 3.63) is 0 Å². The van der Waals surface area contributed by atoms with E-state index >= 15 is 0 Å². The Bertz CT molecular complexity index is 208. The van der Waals surface area contributed by atoms with E-state index in [-0.39, 0.29) is 48.9 Å². The molecule has 0 radical (unpaired) electrons. The van der Waals surface area contributed by atoms with Gasteiger partial charge in [0.05, 0.1) is 0 Å². The first-order valence-electron chi connectivity index (χ1n) is 1.37. The fourth-order valence-corrected chi connectivity index (χ4v) is 0. The van der Waals surface area contributed by atoms with Crippen molar-refractivity contribution in [3.63, 3.8) is 0 Å². The van der Waals surface area contributed by atoms with Crippen molar-refractivity contribution < 1.29 is 35.0 Å². The maximum atomic E-state index is 8.63. The van der Waals surface area contributed by atoms with Crippen LogP contribution < -0.4 is 0 Å². The molecule has 2 N–H and O–H groups in total. The quantitative estimate of drug-likeness (QED) is 0.283. The zero-order valence-electron chi connectivity index (χ0n) is 4.87. The van der Waals surface area contributed by atoms with Crippen LogP contribution in [-0.4, -0.2) is 83.9 Å². The molecular formula is H2BaO8S2. The third-order valence-corrected chi connectivity index (χ3v) is 0. The maximum absolute atomic E-state index is 8.63. The van der Waals surface area contributed by atoms with Crippen LogP contribution in [0.25, 0.3) is 0 Å². The second-order valence-corrected chi connectivity index (χ2v) is 2.57. The summed E-state index contributed by atoms with van der Waals surface area (Å²) in [6.45, 7) is 0. The second kappa shape index (κ2) is 6.79. The molecule has 0 rings (SSSR count). The maximum Gasteiger partial charge on any atom is 2.00 e. The number of hydrogen-bond donors (Lipinski definition) is 2. The van der Waals surface area contributed by atoms with Crippen LogP contribution in [0.4, 0.5) is 0 Å². The van der Waals surface area contributed by atoms with Crippen molar-refractivity contribution in [3.8, 4) is 0 Å². The predicted molar refractivity (Wildman–Crippen MR) is 30.4 cm³/mol. The van der Waals surface area contributed by atoms with Crippen LogP contribution in [0.2, 0.25) is 0 Å². The van der Waals surface area contributed by atoms with E-state index in [2.05, 4.69) is 0 Å². The van der Waals surface area contributed by atoms with E-state index in [0.29, 0.717) is 0 Å². The van der Waals surface area contributed by atoms with Gasteiger partial charge in [0.25, 0.3) is 0 Å². The average molecular weight is 331 g/mol. The van der Waals surface area contributed by atoms with Gasteiger partial charge in [-0.3, -0.25) is 9.11 Å². The predicted octanol–water partition coefficient (Wildman–Crippen LogP) is -2.37. The van der Waals surface area contributed by atoms with Crippen LogP contribution in [0.3, 0.4) is 0 Å². The molecule has 0 saturated carbocycles. The van der Waals surface area contributed by atoms with Crippen molar-refractivity contribution in [1.82, 2.24) is 0 Å². The van der Waals surface area contributed by atoms with Gasteiger partial charge in [-0.25, -0.2) is 16.8 Å². The van der Waals surface area contributed by atoms with Crippen molar-refractivity contribution >= 4 is 69.7 Å². The van der Waals surface area contributed by atoms with Crippen molar-refractivity contribution in [2.75, 3.05) is 0 Å². The first kappa shape index (κ1) is 18.2. The van der Waals surface area contributed by atoms with Gasteiger partial charge in [0.1, 0.15) is 0 Å². The van der Waals surface area contributed by atoms with Crippen LogP contribution in [0.5, 0.6) is 0 Å². The van der Waals surface area contributed by atoms with Gasteiger partial charge in [-0.2, -0.15) is 0 Å². The summed E-state index contributed by atoms with van der Waals surface area (Å²) in [4.78, 5) is 0. The van der Waals surface area contributed by atoms with E-state index in [1.165, 1.54) is 0 Å². The largest absolute Gasteiger partial charge is 2.00 e. The summed E-state index contributed by atoms with van der Waals surface area (Å²) in [5, 5.41) is 0. The van der Waals surface area contributed by atoms with E-state index in [1.54, 1.807) is 0 Å². The average Bonchev–Trinajstić information content (AvgIpc) is 1.12. The van der Waals surface area contributed by atoms with E-state index in [0.717, 1.165) is 0 Å². The Hall–Kier alpha value is 1.31. The van der Waals surface area contributed by atoms with Crippen LogP contribution in [0.1, 0.15) is 0 Å². The summed E-state index contributed by atoms with van der Waals surface area (Å²) in [6, 6.07) is 0. The molecule has 0 aromatic heterocycles. The Morgan fingerprint density at radius 3 is 0.818 bits per heavy atom. The van der Waals surface area contributed by atoms with Crippen LogP contribution in [0.15, 0.2) is 0 Å². The van der Waals surface area contributed by atoms with Gasteiger partial charge in [-0.1, -0.05) is 0 Å². The van der Waals surface area contributed by atoms with Crippen LogP contribution >= 0.6 is 0 Å². The van der Waals surface area contributed by atoms with E-state index in [1.807, 2.05) is 0 Å². The molecular weight excluding hydrogens is 329 g/mol. The van der Waals surface area contributed by atoms with Gasteiger partial charge in [0, 0.05) is 0 Å². The molecule has 0 bridgehead atoms. The SMILES string of the molecule is O=S(=O)([O-])O.O=S(=O)([O-])O.[Ba+2]. The zero-order valence-corrected chi connectivity index (χ0v) is 10.9. The van der Waals surface area contributed by atoms with Gasteiger partial charge in [-0.05, 0) is 0 Å². The van der Waals surface area contributed by atoms with Gasteiger partial charge >= 0.3 is 48.9 Å². The minimum absolute atomic E-state index is 0. The summed E-state index contributed by atoms with van der Waals surface area (Å²) in [5.41, 5.74) is 0. The molecule has 0 amide bonds. The fourth-order valence-electron chi connectivity index (χ4n) is 0. The molecule has 0 saturated heterocycles. The summed E-state index contributed by atoms with van der Waals surface area (Å²) < 4.78 is 65.7. The molecule has 0 aliphatic rings. The van der Waals surface area contributed by atoms with Gasteiger partial charge < -0.3 is 9.11 Å². The van der Waals surface area contributed by atoms with Gasteiger partial charge in [-0.15, -0.1) is 0 Å². The zero-order chi connectivity index (χ0) is 9.00. The van der Waals surface area contributed by atoms with E-state index in [4.69, 9.17) is 35.0 Å². The molecule has 0 aromatic rings. The van der Waals surface area contributed by atoms with E-state index < -0.39 is 20.8 Å². The molecule has 0 fully saturated rings. The van der Waals surface area contributed by atoms with Crippen molar-refractivity contribution in [1.29, 1.82) is 0 Å². The molecule has 0 aliphatic carbocycles. The van der Waals surface area contributed by atoms with Crippen molar-refractivity contribution in [2.24, 2.45) is 0 Å². The molecule has 0 atom stereocenters. The van der Waals surface area contributed by atoms with Crippen molar-refractivity contribution in [2.45, 2.75) is 0 Å². The topological polar surface area (TPSA) is 155 Å². The van der Waals surface area contributed by atoms with Crippen LogP contribution in [-0.2, 0) is 20.8 Å².